The lowest BCUT2D eigenvalue weighted by molar-refractivity contribution is 0.238. The van der Waals surface area contributed by atoms with E-state index < -0.39 is 0 Å². The van der Waals surface area contributed by atoms with Crippen LogP contribution < -0.4 is 16.4 Å². The average molecular weight is 247 g/mol. The van der Waals surface area contributed by atoms with Gasteiger partial charge in [-0.05, 0) is 24.3 Å². The molecule has 0 aliphatic heterocycles. The molecule has 18 heavy (non-hydrogen) atoms. The molecule has 2 rings (SSSR count). The van der Waals surface area contributed by atoms with E-state index in [0.717, 1.165) is 18.4 Å². The number of benzene rings is 1. The van der Waals surface area contributed by atoms with Crippen LogP contribution in [0.1, 0.15) is 24.8 Å². The van der Waals surface area contributed by atoms with Crippen LogP contribution in [0.15, 0.2) is 30.3 Å². The molecule has 4 N–H and O–H groups in total. The maximum atomic E-state index is 11.6. The Morgan fingerprint density at radius 1 is 1.22 bits per heavy atom. The molecular formula is C14H21N3O. The maximum Gasteiger partial charge on any atom is 0.315 e. The van der Waals surface area contributed by atoms with Gasteiger partial charge >= 0.3 is 6.03 Å². The van der Waals surface area contributed by atoms with Crippen LogP contribution in [-0.2, 0) is 6.54 Å². The number of amides is 2. The SMILES string of the molecule is NC1CCCC1CNC(=O)NCc1ccccc1. The van der Waals surface area contributed by atoms with Gasteiger partial charge in [0.25, 0.3) is 0 Å². The van der Waals surface area contributed by atoms with Crippen molar-refractivity contribution in [3.8, 4) is 0 Å². The molecule has 1 aliphatic carbocycles. The average Bonchev–Trinajstić information content (AvgIpc) is 2.81. The maximum absolute atomic E-state index is 11.6. The fourth-order valence-corrected chi connectivity index (χ4v) is 2.38. The minimum atomic E-state index is -0.113. The van der Waals surface area contributed by atoms with E-state index in [1.165, 1.54) is 6.42 Å². The van der Waals surface area contributed by atoms with Crippen LogP contribution >= 0.6 is 0 Å². The molecule has 0 bridgehead atoms. The number of nitrogens with one attached hydrogen (secondary N) is 2. The zero-order chi connectivity index (χ0) is 12.8. The number of nitrogens with two attached hydrogens (primary N) is 1. The van der Waals surface area contributed by atoms with E-state index in [0.29, 0.717) is 19.0 Å². The van der Waals surface area contributed by atoms with E-state index >= 15 is 0 Å². The number of urea groups is 1. The highest BCUT2D eigenvalue weighted by Crippen LogP contribution is 2.22. The van der Waals surface area contributed by atoms with Gasteiger partial charge in [-0.2, -0.15) is 0 Å². The highest BCUT2D eigenvalue weighted by molar-refractivity contribution is 5.73. The van der Waals surface area contributed by atoms with Crippen molar-refractivity contribution in [1.82, 2.24) is 10.6 Å². The van der Waals surface area contributed by atoms with Crippen molar-refractivity contribution in [3.63, 3.8) is 0 Å². The molecule has 1 aromatic rings. The second-order valence-electron chi connectivity index (χ2n) is 4.90. The molecule has 0 spiro atoms. The molecule has 1 aromatic carbocycles. The van der Waals surface area contributed by atoms with E-state index in [1.54, 1.807) is 0 Å². The zero-order valence-corrected chi connectivity index (χ0v) is 10.6. The van der Waals surface area contributed by atoms with E-state index in [9.17, 15) is 4.79 Å². The predicted molar refractivity (Wildman–Crippen MR) is 72.0 cm³/mol. The van der Waals surface area contributed by atoms with Crippen LogP contribution in [0.3, 0.4) is 0 Å². The van der Waals surface area contributed by atoms with Crippen LogP contribution in [0, 0.1) is 5.92 Å². The molecular weight excluding hydrogens is 226 g/mol. The lowest BCUT2D eigenvalue weighted by Crippen LogP contribution is -2.40. The molecule has 2 unspecified atom stereocenters. The summed E-state index contributed by atoms with van der Waals surface area (Å²) >= 11 is 0. The summed E-state index contributed by atoms with van der Waals surface area (Å²) in [5, 5.41) is 5.74. The number of carbonyl (C=O) groups excluding carboxylic acids is 1. The molecule has 98 valence electrons. The van der Waals surface area contributed by atoms with Gasteiger partial charge in [-0.1, -0.05) is 36.8 Å². The fraction of sp³-hybridized carbons (Fsp3) is 0.500. The smallest absolute Gasteiger partial charge is 0.315 e. The second-order valence-corrected chi connectivity index (χ2v) is 4.90. The largest absolute Gasteiger partial charge is 0.338 e. The molecule has 4 nitrogen and oxygen atoms in total. The van der Waals surface area contributed by atoms with E-state index in [1.807, 2.05) is 30.3 Å². The Kier molecular flexibility index (Phi) is 4.59. The van der Waals surface area contributed by atoms with Crippen LogP contribution in [0.2, 0.25) is 0 Å². The Morgan fingerprint density at radius 3 is 2.67 bits per heavy atom. The molecule has 4 heteroatoms. The molecule has 1 aliphatic rings. The first-order valence-electron chi connectivity index (χ1n) is 6.57. The fourth-order valence-electron chi connectivity index (χ4n) is 2.38. The predicted octanol–water partition coefficient (Wildman–Crippen LogP) is 1.61. The molecule has 2 atom stereocenters. The van der Waals surface area contributed by atoms with Crippen molar-refractivity contribution >= 4 is 6.03 Å². The molecule has 0 saturated heterocycles. The van der Waals surface area contributed by atoms with Crippen molar-refractivity contribution < 1.29 is 4.79 Å². The highest BCUT2D eigenvalue weighted by atomic mass is 16.2. The zero-order valence-electron chi connectivity index (χ0n) is 10.6. The van der Waals surface area contributed by atoms with Crippen LogP contribution in [0.5, 0.6) is 0 Å². The van der Waals surface area contributed by atoms with Crippen molar-refractivity contribution in [2.75, 3.05) is 6.54 Å². The van der Waals surface area contributed by atoms with Gasteiger partial charge in [0.1, 0.15) is 0 Å². The summed E-state index contributed by atoms with van der Waals surface area (Å²) < 4.78 is 0. The second kappa shape index (κ2) is 6.40. The summed E-state index contributed by atoms with van der Waals surface area (Å²) in [4.78, 5) is 11.6. The number of carbonyl (C=O) groups is 1. The Hall–Kier alpha value is -1.55. The van der Waals surface area contributed by atoms with Crippen molar-refractivity contribution in [2.24, 2.45) is 11.7 Å². The third kappa shape index (κ3) is 3.74. The first-order valence-corrected chi connectivity index (χ1v) is 6.57. The number of hydrogen-bond acceptors (Lipinski definition) is 2. The molecule has 0 radical (unpaired) electrons. The highest BCUT2D eigenvalue weighted by Gasteiger charge is 2.23. The minimum Gasteiger partial charge on any atom is -0.338 e. The summed E-state index contributed by atoms with van der Waals surface area (Å²) in [6.45, 7) is 1.24. The molecule has 1 fully saturated rings. The van der Waals surface area contributed by atoms with Crippen LogP contribution in [-0.4, -0.2) is 18.6 Å². The number of rotatable bonds is 4. The summed E-state index contributed by atoms with van der Waals surface area (Å²) in [5.74, 6) is 0.437. The van der Waals surface area contributed by atoms with E-state index in [2.05, 4.69) is 10.6 Å². The van der Waals surface area contributed by atoms with Crippen molar-refractivity contribution in [3.05, 3.63) is 35.9 Å². The first kappa shape index (κ1) is 12.9. The van der Waals surface area contributed by atoms with Gasteiger partial charge in [0.2, 0.25) is 0 Å². The summed E-state index contributed by atoms with van der Waals surface area (Å²) in [6, 6.07) is 10.0. The van der Waals surface area contributed by atoms with Crippen molar-refractivity contribution in [1.29, 1.82) is 0 Å². The van der Waals surface area contributed by atoms with Gasteiger partial charge in [-0.15, -0.1) is 0 Å². The Bertz CT molecular complexity index is 380. The molecule has 0 aromatic heterocycles. The molecule has 0 heterocycles. The van der Waals surface area contributed by atoms with Gasteiger partial charge in [-0.25, -0.2) is 4.79 Å². The van der Waals surface area contributed by atoms with E-state index in [-0.39, 0.29) is 12.1 Å². The van der Waals surface area contributed by atoms with Crippen LogP contribution in [0.4, 0.5) is 4.79 Å². The Morgan fingerprint density at radius 2 is 2.00 bits per heavy atom. The minimum absolute atomic E-state index is 0.113. The Labute approximate surface area is 108 Å². The van der Waals surface area contributed by atoms with Gasteiger partial charge in [-0.3, -0.25) is 0 Å². The molecule has 2 amide bonds. The Balaban J connectivity index is 1.66. The van der Waals surface area contributed by atoms with Crippen LogP contribution in [0.25, 0.3) is 0 Å². The lowest BCUT2D eigenvalue weighted by Gasteiger charge is -2.16. The molecule has 1 saturated carbocycles. The third-order valence-corrected chi connectivity index (χ3v) is 3.54. The monoisotopic (exact) mass is 247 g/mol. The van der Waals surface area contributed by atoms with Gasteiger partial charge < -0.3 is 16.4 Å². The van der Waals surface area contributed by atoms with E-state index in [4.69, 9.17) is 5.73 Å². The van der Waals surface area contributed by atoms with Crippen molar-refractivity contribution in [2.45, 2.75) is 31.8 Å². The standard InChI is InChI=1S/C14H21N3O/c15-13-8-4-7-12(13)10-17-14(18)16-9-11-5-2-1-3-6-11/h1-3,5-6,12-13H,4,7-10,15H2,(H2,16,17,18). The number of hydrogen-bond donors (Lipinski definition) is 3. The van der Waals surface area contributed by atoms with Gasteiger partial charge in [0, 0.05) is 19.1 Å². The third-order valence-electron chi connectivity index (χ3n) is 3.54. The summed E-state index contributed by atoms with van der Waals surface area (Å²) in [5.41, 5.74) is 7.06. The summed E-state index contributed by atoms with van der Waals surface area (Å²) in [6.07, 6.45) is 3.39. The first-order chi connectivity index (χ1) is 8.75. The van der Waals surface area contributed by atoms with Gasteiger partial charge in [0.05, 0.1) is 0 Å². The summed E-state index contributed by atoms with van der Waals surface area (Å²) in [7, 11) is 0. The lowest BCUT2D eigenvalue weighted by atomic mass is 10.1. The quantitative estimate of drug-likeness (QED) is 0.756. The van der Waals surface area contributed by atoms with Gasteiger partial charge in [0.15, 0.2) is 0 Å². The topological polar surface area (TPSA) is 67.1 Å². The normalized spacial score (nSPS) is 22.7.